The van der Waals surface area contributed by atoms with Crippen LogP contribution in [-0.4, -0.2) is 5.91 Å². The zero-order chi connectivity index (χ0) is 13.8. The molecular weight excluding hydrogens is 234 g/mol. The fourth-order valence-corrected chi connectivity index (χ4v) is 1.93. The predicted octanol–water partition coefficient (Wildman–Crippen LogP) is 4.68. The normalized spacial score (nSPS) is 10.8. The molecule has 0 aromatic heterocycles. The maximum absolute atomic E-state index is 11.7. The number of unbranched alkanes of at least 4 members (excludes halogenated alkanes) is 6. The van der Waals surface area contributed by atoms with Gasteiger partial charge in [0, 0.05) is 11.8 Å². The van der Waals surface area contributed by atoms with E-state index in [-0.39, 0.29) is 5.91 Å². The van der Waals surface area contributed by atoms with Gasteiger partial charge in [0.05, 0.1) is 0 Å². The molecule has 2 nitrogen and oxygen atoms in total. The summed E-state index contributed by atoms with van der Waals surface area (Å²) in [6, 6.07) is 9.28. The molecule has 0 bridgehead atoms. The molecule has 0 aliphatic rings. The van der Waals surface area contributed by atoms with Gasteiger partial charge in [-0.15, -0.1) is 0 Å². The average Bonchev–Trinajstić information content (AvgIpc) is 2.46. The van der Waals surface area contributed by atoms with E-state index in [9.17, 15) is 4.79 Å². The summed E-state index contributed by atoms with van der Waals surface area (Å²) in [7, 11) is 0. The first kappa shape index (κ1) is 15.5. The Labute approximate surface area is 116 Å². The molecule has 0 radical (unpaired) electrons. The number of carbonyl (C=O) groups is 1. The first-order valence-corrected chi connectivity index (χ1v) is 7.35. The van der Waals surface area contributed by atoms with Gasteiger partial charge < -0.3 is 5.32 Å². The monoisotopic (exact) mass is 259 g/mol. The van der Waals surface area contributed by atoms with Crippen molar-refractivity contribution in [2.75, 3.05) is 0 Å². The van der Waals surface area contributed by atoms with Gasteiger partial charge in [-0.3, -0.25) is 4.79 Å². The fourth-order valence-electron chi connectivity index (χ4n) is 1.93. The van der Waals surface area contributed by atoms with E-state index in [2.05, 4.69) is 12.2 Å². The van der Waals surface area contributed by atoms with Crippen molar-refractivity contribution >= 4 is 5.91 Å². The van der Waals surface area contributed by atoms with Gasteiger partial charge in [0.25, 0.3) is 5.91 Å². The van der Waals surface area contributed by atoms with Crippen LogP contribution in [0.2, 0.25) is 0 Å². The van der Waals surface area contributed by atoms with Crippen LogP contribution in [0.25, 0.3) is 0 Å². The van der Waals surface area contributed by atoms with Crippen molar-refractivity contribution in [3.63, 3.8) is 0 Å². The zero-order valence-electron chi connectivity index (χ0n) is 11.9. The summed E-state index contributed by atoms with van der Waals surface area (Å²) in [5.41, 5.74) is 0.701. The summed E-state index contributed by atoms with van der Waals surface area (Å²) in [5, 5.41) is 2.79. The molecule has 1 aromatic rings. The van der Waals surface area contributed by atoms with Crippen LogP contribution in [0.5, 0.6) is 0 Å². The van der Waals surface area contributed by atoms with E-state index >= 15 is 0 Å². The summed E-state index contributed by atoms with van der Waals surface area (Å²) in [4.78, 5) is 11.7. The molecule has 19 heavy (non-hydrogen) atoms. The molecule has 2 heteroatoms. The predicted molar refractivity (Wildman–Crippen MR) is 81.0 cm³/mol. The van der Waals surface area contributed by atoms with Crippen LogP contribution >= 0.6 is 0 Å². The molecule has 104 valence electrons. The van der Waals surface area contributed by atoms with Crippen molar-refractivity contribution in [1.29, 1.82) is 0 Å². The van der Waals surface area contributed by atoms with Crippen molar-refractivity contribution in [1.82, 2.24) is 5.32 Å². The third kappa shape index (κ3) is 7.45. The lowest BCUT2D eigenvalue weighted by Gasteiger charge is -2.00. The van der Waals surface area contributed by atoms with Gasteiger partial charge in [-0.1, -0.05) is 63.3 Å². The van der Waals surface area contributed by atoms with Crippen molar-refractivity contribution in [2.45, 2.75) is 51.9 Å². The Bertz CT molecular complexity index is 370. The quantitative estimate of drug-likeness (QED) is 0.641. The van der Waals surface area contributed by atoms with E-state index in [1.807, 2.05) is 36.4 Å². The van der Waals surface area contributed by atoms with E-state index in [0.717, 1.165) is 6.42 Å². The maximum atomic E-state index is 11.7. The number of carbonyl (C=O) groups excluding carboxylic acids is 1. The Hall–Kier alpha value is -1.57. The second-order valence-electron chi connectivity index (χ2n) is 4.80. The number of hydrogen-bond donors (Lipinski definition) is 1. The third-order valence-corrected chi connectivity index (χ3v) is 3.09. The lowest BCUT2D eigenvalue weighted by Crippen LogP contribution is -2.16. The molecule has 0 spiro atoms. The third-order valence-electron chi connectivity index (χ3n) is 3.09. The highest BCUT2D eigenvalue weighted by molar-refractivity contribution is 5.94. The minimum atomic E-state index is -0.0419. The molecule has 0 atom stereocenters. The van der Waals surface area contributed by atoms with Crippen LogP contribution in [0.1, 0.15) is 62.2 Å². The van der Waals surface area contributed by atoms with Crippen molar-refractivity contribution < 1.29 is 4.79 Å². The van der Waals surface area contributed by atoms with Crippen LogP contribution < -0.4 is 5.32 Å². The smallest absolute Gasteiger partial charge is 0.255 e. The molecule has 0 unspecified atom stereocenters. The SMILES string of the molecule is CCCCCCCC/C=C/NC(=O)c1ccccc1. The molecule has 0 fully saturated rings. The minimum Gasteiger partial charge on any atom is -0.329 e. The molecular formula is C17H25NO. The Morgan fingerprint density at radius 1 is 1.05 bits per heavy atom. The molecule has 1 rings (SSSR count). The summed E-state index contributed by atoms with van der Waals surface area (Å²) in [5.74, 6) is -0.0419. The van der Waals surface area contributed by atoms with Crippen LogP contribution in [-0.2, 0) is 0 Å². The number of rotatable bonds is 9. The fraction of sp³-hybridized carbons (Fsp3) is 0.471. The van der Waals surface area contributed by atoms with Gasteiger partial charge in [0.2, 0.25) is 0 Å². The summed E-state index contributed by atoms with van der Waals surface area (Å²) in [6.45, 7) is 2.23. The molecule has 0 saturated heterocycles. The molecule has 1 amide bonds. The largest absolute Gasteiger partial charge is 0.329 e. The van der Waals surface area contributed by atoms with Gasteiger partial charge >= 0.3 is 0 Å². The van der Waals surface area contributed by atoms with Gasteiger partial charge in [-0.25, -0.2) is 0 Å². The van der Waals surface area contributed by atoms with Crippen LogP contribution in [0, 0.1) is 0 Å². The highest BCUT2D eigenvalue weighted by Crippen LogP contribution is 2.07. The van der Waals surface area contributed by atoms with Gasteiger partial charge in [0.1, 0.15) is 0 Å². The molecule has 0 aliphatic carbocycles. The standard InChI is InChI=1S/C17H25NO/c1-2-3-4-5-6-7-8-12-15-18-17(19)16-13-10-9-11-14-16/h9-15H,2-8H2,1H3,(H,18,19)/b15-12+. The summed E-state index contributed by atoms with van der Waals surface area (Å²) < 4.78 is 0. The molecule has 0 saturated carbocycles. The van der Waals surface area contributed by atoms with Crippen LogP contribution in [0.4, 0.5) is 0 Å². The number of hydrogen-bond acceptors (Lipinski definition) is 1. The number of allylic oxidation sites excluding steroid dienone is 1. The molecule has 1 N–H and O–H groups in total. The lowest BCUT2D eigenvalue weighted by molar-refractivity contribution is 0.0970. The molecule has 0 aliphatic heterocycles. The van der Waals surface area contributed by atoms with Crippen molar-refractivity contribution in [3.8, 4) is 0 Å². The summed E-state index contributed by atoms with van der Waals surface area (Å²) >= 11 is 0. The number of benzene rings is 1. The van der Waals surface area contributed by atoms with E-state index in [4.69, 9.17) is 0 Å². The zero-order valence-corrected chi connectivity index (χ0v) is 11.9. The Kier molecular flexibility index (Phi) is 8.45. The van der Waals surface area contributed by atoms with E-state index < -0.39 is 0 Å². The number of amides is 1. The second kappa shape index (κ2) is 10.4. The maximum Gasteiger partial charge on any atom is 0.255 e. The first-order chi connectivity index (χ1) is 9.34. The van der Waals surface area contributed by atoms with Crippen LogP contribution in [0.3, 0.4) is 0 Å². The Morgan fingerprint density at radius 2 is 1.74 bits per heavy atom. The first-order valence-electron chi connectivity index (χ1n) is 7.35. The summed E-state index contributed by atoms with van der Waals surface area (Å²) in [6.07, 6.45) is 12.7. The van der Waals surface area contributed by atoms with E-state index in [0.29, 0.717) is 5.56 Å². The van der Waals surface area contributed by atoms with Crippen molar-refractivity contribution in [2.24, 2.45) is 0 Å². The van der Waals surface area contributed by atoms with E-state index in [1.54, 1.807) is 6.20 Å². The van der Waals surface area contributed by atoms with Crippen molar-refractivity contribution in [3.05, 3.63) is 48.2 Å². The minimum absolute atomic E-state index is 0.0419. The second-order valence-corrected chi connectivity index (χ2v) is 4.80. The molecule has 1 aromatic carbocycles. The highest BCUT2D eigenvalue weighted by atomic mass is 16.1. The highest BCUT2D eigenvalue weighted by Gasteiger charge is 1.99. The lowest BCUT2D eigenvalue weighted by atomic mass is 10.1. The van der Waals surface area contributed by atoms with Gasteiger partial charge in [-0.05, 0) is 25.0 Å². The Balaban J connectivity index is 2.06. The van der Waals surface area contributed by atoms with Gasteiger partial charge in [-0.2, -0.15) is 0 Å². The number of nitrogens with one attached hydrogen (secondary N) is 1. The molecule has 0 heterocycles. The Morgan fingerprint density at radius 3 is 2.47 bits per heavy atom. The van der Waals surface area contributed by atoms with Gasteiger partial charge in [0.15, 0.2) is 0 Å². The van der Waals surface area contributed by atoms with Crippen LogP contribution in [0.15, 0.2) is 42.6 Å². The topological polar surface area (TPSA) is 29.1 Å². The average molecular weight is 259 g/mol. The van der Waals surface area contributed by atoms with E-state index in [1.165, 1.54) is 38.5 Å².